The van der Waals surface area contributed by atoms with Crippen LogP contribution in [0.1, 0.15) is 5.56 Å². The number of amides is 1. The summed E-state index contributed by atoms with van der Waals surface area (Å²) in [5.74, 6) is -0.470. The van der Waals surface area contributed by atoms with Crippen molar-refractivity contribution >= 4 is 38.9 Å². The van der Waals surface area contributed by atoms with E-state index in [-0.39, 0.29) is 23.8 Å². The maximum Gasteiger partial charge on any atom is 0.224 e. The number of nitrogens with one attached hydrogen (secondary N) is 1. The molecule has 1 aliphatic heterocycles. The van der Waals surface area contributed by atoms with Crippen LogP contribution in [-0.4, -0.2) is 37.2 Å². The van der Waals surface area contributed by atoms with Gasteiger partial charge in [0, 0.05) is 5.02 Å². The molecule has 1 aromatic rings. The molecule has 1 heterocycles. The third-order valence-corrected chi connectivity index (χ3v) is 5.68. The summed E-state index contributed by atoms with van der Waals surface area (Å²) < 4.78 is 22.8. The van der Waals surface area contributed by atoms with Gasteiger partial charge in [-0.3, -0.25) is 4.79 Å². The standard InChI is InChI=1S/C12H13Cl2NO3S/c13-9-4-2-1-3-8(9)5-12(16)15-11-7-19(17,18)6-10(11)14/h1-4,10-11H,5-7H2,(H,15,16)/t10-,11-/m0/s1. The van der Waals surface area contributed by atoms with Gasteiger partial charge in [-0.2, -0.15) is 0 Å². The van der Waals surface area contributed by atoms with E-state index in [0.29, 0.717) is 10.6 Å². The molecule has 1 aliphatic rings. The van der Waals surface area contributed by atoms with Crippen molar-refractivity contribution in [2.45, 2.75) is 17.8 Å². The van der Waals surface area contributed by atoms with E-state index in [0.717, 1.165) is 0 Å². The van der Waals surface area contributed by atoms with Gasteiger partial charge in [-0.15, -0.1) is 11.6 Å². The van der Waals surface area contributed by atoms with Crippen molar-refractivity contribution in [3.63, 3.8) is 0 Å². The summed E-state index contributed by atoms with van der Waals surface area (Å²) in [6, 6.07) is 6.50. The summed E-state index contributed by atoms with van der Waals surface area (Å²) >= 11 is 11.9. The fraction of sp³-hybridized carbons (Fsp3) is 0.417. The summed E-state index contributed by atoms with van der Waals surface area (Å²) in [6.07, 6.45) is 0.111. The van der Waals surface area contributed by atoms with Crippen LogP contribution in [0.15, 0.2) is 24.3 Å². The van der Waals surface area contributed by atoms with Crippen LogP contribution in [0, 0.1) is 0 Å². The number of halogens is 2. The average molecular weight is 322 g/mol. The lowest BCUT2D eigenvalue weighted by atomic mass is 10.1. The number of alkyl halides is 1. The van der Waals surface area contributed by atoms with Gasteiger partial charge in [0.2, 0.25) is 5.91 Å². The first-order chi connectivity index (χ1) is 8.87. The van der Waals surface area contributed by atoms with Gasteiger partial charge >= 0.3 is 0 Å². The Balaban J connectivity index is 1.98. The van der Waals surface area contributed by atoms with Crippen LogP contribution in [-0.2, 0) is 21.1 Å². The zero-order chi connectivity index (χ0) is 14.0. The first kappa shape index (κ1) is 14.6. The molecule has 0 bridgehead atoms. The fourth-order valence-electron chi connectivity index (χ4n) is 2.01. The molecule has 2 rings (SSSR count). The maximum absolute atomic E-state index is 11.9. The number of benzene rings is 1. The maximum atomic E-state index is 11.9. The summed E-state index contributed by atoms with van der Waals surface area (Å²) in [4.78, 5) is 11.9. The molecule has 0 unspecified atom stereocenters. The lowest BCUT2D eigenvalue weighted by Crippen LogP contribution is -2.41. The zero-order valence-electron chi connectivity index (χ0n) is 9.97. The highest BCUT2D eigenvalue weighted by Gasteiger charge is 2.37. The third kappa shape index (κ3) is 3.84. The van der Waals surface area contributed by atoms with Crippen LogP contribution in [0.4, 0.5) is 0 Å². The van der Waals surface area contributed by atoms with Gasteiger partial charge < -0.3 is 5.32 Å². The normalized spacial score (nSPS) is 25.2. The molecule has 0 radical (unpaired) electrons. The van der Waals surface area contributed by atoms with Crippen molar-refractivity contribution in [3.05, 3.63) is 34.9 Å². The van der Waals surface area contributed by atoms with E-state index in [1.54, 1.807) is 24.3 Å². The van der Waals surface area contributed by atoms with Crippen LogP contribution >= 0.6 is 23.2 Å². The van der Waals surface area contributed by atoms with E-state index >= 15 is 0 Å². The molecule has 1 aromatic carbocycles. The lowest BCUT2D eigenvalue weighted by Gasteiger charge is -2.14. The monoisotopic (exact) mass is 321 g/mol. The Morgan fingerprint density at radius 1 is 1.32 bits per heavy atom. The summed E-state index contributed by atoms with van der Waals surface area (Å²) in [7, 11) is -3.14. The minimum atomic E-state index is -3.14. The van der Waals surface area contributed by atoms with Gasteiger partial charge in [0.1, 0.15) is 0 Å². The van der Waals surface area contributed by atoms with Crippen LogP contribution < -0.4 is 5.32 Å². The van der Waals surface area contributed by atoms with Crippen molar-refractivity contribution in [2.24, 2.45) is 0 Å². The van der Waals surface area contributed by atoms with Crippen molar-refractivity contribution < 1.29 is 13.2 Å². The lowest BCUT2D eigenvalue weighted by molar-refractivity contribution is -0.120. The average Bonchev–Trinajstić information content (AvgIpc) is 2.55. The molecule has 2 atom stereocenters. The van der Waals surface area contributed by atoms with Crippen LogP contribution in [0.3, 0.4) is 0 Å². The van der Waals surface area contributed by atoms with E-state index < -0.39 is 21.3 Å². The molecular weight excluding hydrogens is 309 g/mol. The van der Waals surface area contributed by atoms with E-state index in [2.05, 4.69) is 5.32 Å². The van der Waals surface area contributed by atoms with Crippen molar-refractivity contribution in [2.75, 3.05) is 11.5 Å². The highest BCUT2D eigenvalue weighted by atomic mass is 35.5. The fourth-order valence-corrected chi connectivity index (χ4v) is 4.76. The van der Waals surface area contributed by atoms with E-state index in [9.17, 15) is 13.2 Å². The molecule has 1 fully saturated rings. The first-order valence-electron chi connectivity index (χ1n) is 5.74. The highest BCUT2D eigenvalue weighted by Crippen LogP contribution is 2.19. The van der Waals surface area contributed by atoms with Gasteiger partial charge in [0.05, 0.1) is 29.3 Å². The minimum Gasteiger partial charge on any atom is -0.351 e. The molecule has 4 nitrogen and oxygen atoms in total. The number of hydrogen-bond donors (Lipinski definition) is 1. The summed E-state index contributed by atoms with van der Waals surface area (Å²) in [5.41, 5.74) is 0.702. The van der Waals surface area contributed by atoms with Gasteiger partial charge in [-0.25, -0.2) is 8.42 Å². The van der Waals surface area contributed by atoms with E-state index in [4.69, 9.17) is 23.2 Å². The Kier molecular flexibility index (Phi) is 4.38. The van der Waals surface area contributed by atoms with Crippen molar-refractivity contribution in [1.82, 2.24) is 5.32 Å². The zero-order valence-corrected chi connectivity index (χ0v) is 12.3. The largest absolute Gasteiger partial charge is 0.351 e. The van der Waals surface area contributed by atoms with E-state index in [1.165, 1.54) is 0 Å². The number of carbonyl (C=O) groups excluding carboxylic acids is 1. The second-order valence-electron chi connectivity index (χ2n) is 4.54. The summed E-state index contributed by atoms with van der Waals surface area (Å²) in [5, 5.41) is 2.60. The third-order valence-electron chi connectivity index (χ3n) is 2.94. The molecule has 0 spiro atoms. The molecule has 1 N–H and O–H groups in total. The molecule has 0 aliphatic carbocycles. The SMILES string of the molecule is O=C(Cc1ccccc1Cl)N[C@H]1CS(=O)(=O)C[C@@H]1Cl. The second kappa shape index (κ2) is 5.69. The van der Waals surface area contributed by atoms with E-state index in [1.807, 2.05) is 0 Å². The van der Waals surface area contributed by atoms with Crippen LogP contribution in [0.5, 0.6) is 0 Å². The van der Waals surface area contributed by atoms with Gasteiger partial charge in [0.15, 0.2) is 9.84 Å². The Morgan fingerprint density at radius 2 is 2.00 bits per heavy atom. The van der Waals surface area contributed by atoms with Gasteiger partial charge in [0.25, 0.3) is 0 Å². The molecule has 1 saturated heterocycles. The van der Waals surface area contributed by atoms with Gasteiger partial charge in [-0.05, 0) is 11.6 Å². The summed E-state index contributed by atoms with van der Waals surface area (Å²) in [6.45, 7) is 0. The van der Waals surface area contributed by atoms with Crippen molar-refractivity contribution in [3.8, 4) is 0 Å². The molecule has 19 heavy (non-hydrogen) atoms. The Labute approximate surface area is 122 Å². The van der Waals surface area contributed by atoms with Crippen LogP contribution in [0.2, 0.25) is 5.02 Å². The molecule has 104 valence electrons. The smallest absolute Gasteiger partial charge is 0.224 e. The number of hydrogen-bond acceptors (Lipinski definition) is 3. The molecule has 1 amide bonds. The number of carbonyl (C=O) groups is 1. The molecule has 0 saturated carbocycles. The van der Waals surface area contributed by atoms with Gasteiger partial charge in [-0.1, -0.05) is 29.8 Å². The van der Waals surface area contributed by atoms with Crippen molar-refractivity contribution in [1.29, 1.82) is 0 Å². The molecular formula is C12H13Cl2NO3S. The predicted octanol–water partition coefficient (Wildman–Crippen LogP) is 1.40. The molecule has 0 aromatic heterocycles. The van der Waals surface area contributed by atoms with Crippen LogP contribution in [0.25, 0.3) is 0 Å². The second-order valence-corrected chi connectivity index (χ2v) is 7.66. The Morgan fingerprint density at radius 3 is 2.58 bits per heavy atom. The number of rotatable bonds is 3. The quantitative estimate of drug-likeness (QED) is 0.856. The predicted molar refractivity (Wildman–Crippen MR) is 75.4 cm³/mol. The highest BCUT2D eigenvalue weighted by molar-refractivity contribution is 7.91. The first-order valence-corrected chi connectivity index (χ1v) is 8.38. The Hall–Kier alpha value is -0.780. The Bertz CT molecular complexity index is 588. The number of sulfone groups is 1. The minimum absolute atomic E-state index is 0.0917. The topological polar surface area (TPSA) is 63.2 Å². The molecule has 7 heteroatoms.